The number of benzene rings is 1. The minimum absolute atomic E-state index is 0.231. The van der Waals surface area contributed by atoms with Crippen LogP contribution in [-0.2, 0) is 23.8 Å². The predicted octanol–water partition coefficient (Wildman–Crippen LogP) is 2.23. The van der Waals surface area contributed by atoms with Crippen molar-refractivity contribution in [3.05, 3.63) is 46.5 Å². The van der Waals surface area contributed by atoms with Gasteiger partial charge in [-0.15, -0.1) is 0 Å². The van der Waals surface area contributed by atoms with Crippen LogP contribution in [0.2, 0.25) is 0 Å². The van der Waals surface area contributed by atoms with Crippen molar-refractivity contribution < 1.29 is 33.4 Å². The van der Waals surface area contributed by atoms with E-state index in [4.69, 9.17) is 14.2 Å². The molecular weight excluding hydrogens is 390 g/mol. The van der Waals surface area contributed by atoms with Gasteiger partial charge in [-0.2, -0.15) is 0 Å². The monoisotopic (exact) mass is 413 g/mol. The quantitative estimate of drug-likeness (QED) is 0.316. The third-order valence-electron chi connectivity index (χ3n) is 6.43. The first kappa shape index (κ1) is 20.3. The van der Waals surface area contributed by atoms with E-state index in [2.05, 4.69) is 0 Å². The lowest BCUT2D eigenvalue weighted by Gasteiger charge is -2.31. The first-order valence-corrected chi connectivity index (χ1v) is 9.90. The first-order chi connectivity index (χ1) is 14.3. The van der Waals surface area contributed by atoms with Gasteiger partial charge in [0, 0.05) is 6.42 Å². The first-order valence-electron chi connectivity index (χ1n) is 9.90. The van der Waals surface area contributed by atoms with E-state index in [0.29, 0.717) is 12.8 Å². The Kier molecular flexibility index (Phi) is 4.58. The third-order valence-corrected chi connectivity index (χ3v) is 6.43. The molecule has 0 aromatic heterocycles. The second kappa shape index (κ2) is 6.77. The lowest BCUT2D eigenvalue weighted by Crippen LogP contribution is -2.51. The fraction of sp³-hybridized carbons (Fsp3) is 0.455. The van der Waals surface area contributed by atoms with Gasteiger partial charge in [-0.3, -0.25) is 19.2 Å². The minimum atomic E-state index is -1.81. The van der Waals surface area contributed by atoms with Crippen molar-refractivity contribution in [3.8, 4) is 0 Å². The van der Waals surface area contributed by atoms with Crippen LogP contribution in [0.4, 0.5) is 0 Å². The Labute approximate surface area is 173 Å². The summed E-state index contributed by atoms with van der Waals surface area (Å²) in [6.07, 6.45) is -0.243. The zero-order valence-corrected chi connectivity index (χ0v) is 17.3. The number of rotatable bonds is 5. The molecule has 1 unspecified atom stereocenters. The van der Waals surface area contributed by atoms with Gasteiger partial charge in [-0.25, -0.2) is 4.90 Å². The molecule has 2 aliphatic heterocycles. The van der Waals surface area contributed by atoms with Crippen LogP contribution in [0.25, 0.3) is 0 Å². The van der Waals surface area contributed by atoms with Crippen LogP contribution in [0.1, 0.15) is 53.8 Å². The lowest BCUT2D eigenvalue weighted by molar-refractivity contribution is -0.174. The minimum Gasteiger partial charge on any atom is -0.468 e. The van der Waals surface area contributed by atoms with Crippen molar-refractivity contribution in [1.82, 2.24) is 4.90 Å². The van der Waals surface area contributed by atoms with Gasteiger partial charge in [-0.1, -0.05) is 26.0 Å². The number of esters is 2. The van der Waals surface area contributed by atoms with Crippen LogP contribution >= 0.6 is 0 Å². The van der Waals surface area contributed by atoms with Gasteiger partial charge >= 0.3 is 11.9 Å². The molecule has 1 aromatic rings. The molecule has 0 saturated carbocycles. The van der Waals surface area contributed by atoms with E-state index < -0.39 is 41.0 Å². The summed E-state index contributed by atoms with van der Waals surface area (Å²) >= 11 is 0. The van der Waals surface area contributed by atoms with Gasteiger partial charge in [-0.05, 0) is 36.1 Å². The molecule has 2 amide bonds. The number of ether oxygens (including phenoxy) is 3. The van der Waals surface area contributed by atoms with Crippen LogP contribution in [0.3, 0.4) is 0 Å². The molecule has 30 heavy (non-hydrogen) atoms. The van der Waals surface area contributed by atoms with Crippen LogP contribution < -0.4 is 0 Å². The molecule has 0 bridgehead atoms. The van der Waals surface area contributed by atoms with E-state index in [9.17, 15) is 19.2 Å². The number of fused-ring (bicyclic) bond motifs is 1. The van der Waals surface area contributed by atoms with Crippen LogP contribution in [-0.4, -0.2) is 54.7 Å². The Hall–Kier alpha value is -3.00. The van der Waals surface area contributed by atoms with E-state index in [-0.39, 0.29) is 17.5 Å². The standard InChI is InChI=1S/C22H23NO7/c1-5-14-15(6-2)22(14)21(19(26)28-3,20(27)29-4)11-16(30-22)23-17(24)12-9-7-8-10-13(12)18(23)25/h7-10,16H,5-6,11H2,1-4H3. The molecule has 0 N–H and O–H groups in total. The molecule has 8 nitrogen and oxygen atoms in total. The molecule has 8 heteroatoms. The Morgan fingerprint density at radius 2 is 1.47 bits per heavy atom. The van der Waals surface area contributed by atoms with E-state index >= 15 is 0 Å². The number of carbonyl (C=O) groups excluding carboxylic acids is 4. The normalized spacial score (nSPS) is 23.1. The fourth-order valence-corrected chi connectivity index (χ4v) is 5.20. The van der Waals surface area contributed by atoms with Gasteiger partial charge in [0.2, 0.25) is 5.41 Å². The lowest BCUT2D eigenvalue weighted by atomic mass is 9.74. The maximum atomic E-state index is 13.0. The van der Waals surface area contributed by atoms with Gasteiger partial charge in [0.1, 0.15) is 11.8 Å². The molecule has 2 heterocycles. The number of hydrogen-bond donors (Lipinski definition) is 0. The molecule has 1 spiro atoms. The number of hydrogen-bond acceptors (Lipinski definition) is 7. The van der Waals surface area contributed by atoms with Gasteiger partial charge in [0.05, 0.1) is 25.3 Å². The van der Waals surface area contributed by atoms with Gasteiger partial charge in [0.25, 0.3) is 11.8 Å². The Morgan fingerprint density at radius 3 is 1.87 bits per heavy atom. The van der Waals surface area contributed by atoms with Crippen molar-refractivity contribution >= 4 is 23.8 Å². The highest BCUT2D eigenvalue weighted by Crippen LogP contribution is 2.67. The Bertz CT molecular complexity index is 943. The van der Waals surface area contributed by atoms with Crippen molar-refractivity contribution in [2.75, 3.05) is 14.2 Å². The summed E-state index contributed by atoms with van der Waals surface area (Å²) in [6, 6.07) is 6.48. The molecule has 3 aliphatic rings. The summed E-state index contributed by atoms with van der Waals surface area (Å²) < 4.78 is 16.3. The van der Waals surface area contributed by atoms with Crippen molar-refractivity contribution in [3.63, 3.8) is 0 Å². The number of methoxy groups -OCH3 is 2. The maximum absolute atomic E-state index is 13.0. The number of nitrogens with zero attached hydrogens (tertiary/aromatic N) is 1. The highest BCUT2D eigenvalue weighted by atomic mass is 16.6. The topological polar surface area (TPSA) is 99.2 Å². The van der Waals surface area contributed by atoms with E-state index in [0.717, 1.165) is 16.0 Å². The highest BCUT2D eigenvalue weighted by Gasteiger charge is 2.79. The molecule has 1 atom stereocenters. The number of carbonyl (C=O) groups is 4. The molecule has 158 valence electrons. The molecular formula is C22H23NO7. The second-order valence-corrected chi connectivity index (χ2v) is 7.54. The van der Waals surface area contributed by atoms with E-state index in [1.807, 2.05) is 13.8 Å². The summed E-state index contributed by atoms with van der Waals surface area (Å²) in [6.45, 7) is 3.80. The molecule has 1 aromatic carbocycles. The zero-order valence-electron chi connectivity index (χ0n) is 17.3. The average Bonchev–Trinajstić information content (AvgIpc) is 3.15. The smallest absolute Gasteiger partial charge is 0.327 e. The predicted molar refractivity (Wildman–Crippen MR) is 103 cm³/mol. The highest BCUT2D eigenvalue weighted by molar-refractivity contribution is 6.21. The SMILES string of the molecule is CCC1=C(CC)C12OC(N1C(=O)c3ccccc3C1=O)CC2(C(=O)OC)C(=O)OC. The van der Waals surface area contributed by atoms with Crippen LogP contribution in [0.5, 0.6) is 0 Å². The fourth-order valence-electron chi connectivity index (χ4n) is 5.20. The molecule has 1 fully saturated rings. The second-order valence-electron chi connectivity index (χ2n) is 7.54. The Morgan fingerprint density at radius 1 is 1.00 bits per heavy atom. The largest absolute Gasteiger partial charge is 0.468 e. The Balaban J connectivity index is 1.82. The summed E-state index contributed by atoms with van der Waals surface area (Å²) in [5.41, 5.74) is -1.00. The zero-order chi connectivity index (χ0) is 21.8. The van der Waals surface area contributed by atoms with Crippen molar-refractivity contribution in [1.29, 1.82) is 0 Å². The molecule has 1 saturated heterocycles. The summed E-state index contributed by atoms with van der Waals surface area (Å²) in [7, 11) is 2.38. The van der Waals surface area contributed by atoms with Crippen molar-refractivity contribution in [2.45, 2.75) is 44.9 Å². The molecule has 4 rings (SSSR count). The summed E-state index contributed by atoms with van der Waals surface area (Å²) in [4.78, 5) is 53.1. The van der Waals surface area contributed by atoms with Crippen molar-refractivity contribution in [2.24, 2.45) is 5.41 Å². The molecule has 0 radical (unpaired) electrons. The maximum Gasteiger partial charge on any atom is 0.327 e. The third kappa shape index (κ3) is 2.19. The van der Waals surface area contributed by atoms with Gasteiger partial charge < -0.3 is 14.2 Å². The number of amides is 2. The van der Waals surface area contributed by atoms with E-state index in [1.54, 1.807) is 24.3 Å². The van der Waals surface area contributed by atoms with Gasteiger partial charge in [0.15, 0.2) is 0 Å². The van der Waals surface area contributed by atoms with E-state index in [1.165, 1.54) is 14.2 Å². The molecule has 1 aliphatic carbocycles. The summed E-state index contributed by atoms with van der Waals surface area (Å²) in [5, 5.41) is 0. The summed E-state index contributed by atoms with van der Waals surface area (Å²) in [5.74, 6) is -2.64. The van der Waals surface area contributed by atoms with Crippen LogP contribution in [0.15, 0.2) is 35.4 Å². The average molecular weight is 413 g/mol. The van der Waals surface area contributed by atoms with Crippen LogP contribution in [0, 0.1) is 5.41 Å². The number of imide groups is 1.